The molecule has 2 aromatic carbocycles. The summed E-state index contributed by atoms with van der Waals surface area (Å²) < 4.78 is 74.6. The molecule has 8 nitrogen and oxygen atoms in total. The summed E-state index contributed by atoms with van der Waals surface area (Å²) in [6, 6.07) is 12.3. The topological polar surface area (TPSA) is 91.0 Å². The maximum Gasteiger partial charge on any atom is 0.573 e. The van der Waals surface area contributed by atoms with Crippen LogP contribution in [0.25, 0.3) is 20.5 Å². The van der Waals surface area contributed by atoms with Gasteiger partial charge < -0.3 is 15.0 Å². The Labute approximate surface area is 236 Å². The van der Waals surface area contributed by atoms with E-state index in [2.05, 4.69) is 14.8 Å². The third-order valence-corrected chi connectivity index (χ3v) is 9.49. The molecule has 0 atom stereocenters. The summed E-state index contributed by atoms with van der Waals surface area (Å²) in [6.45, 7) is 3.00. The molecule has 0 unspecified atom stereocenters. The fourth-order valence-corrected chi connectivity index (χ4v) is 6.96. The van der Waals surface area contributed by atoms with E-state index in [1.807, 2.05) is 49.3 Å². The molecule has 1 saturated heterocycles. The monoisotopic (exact) mass is 598 g/mol. The second-order valence-corrected chi connectivity index (χ2v) is 12.9. The molecule has 1 aliphatic rings. The zero-order valence-corrected chi connectivity index (χ0v) is 24.2. The van der Waals surface area contributed by atoms with Crippen LogP contribution in [0.5, 0.6) is 5.75 Å². The molecule has 1 aromatic heterocycles. The van der Waals surface area contributed by atoms with Crippen molar-refractivity contribution in [1.29, 1.82) is 0 Å². The van der Waals surface area contributed by atoms with Gasteiger partial charge in [-0.2, -0.15) is 17.4 Å². The number of aryl methyl sites for hydroxylation is 1. The highest BCUT2D eigenvalue weighted by molar-refractivity contribution is 7.87. The average Bonchev–Trinajstić information content (AvgIpc) is 3.32. The van der Waals surface area contributed by atoms with Crippen molar-refractivity contribution < 1.29 is 31.1 Å². The van der Waals surface area contributed by atoms with Gasteiger partial charge in [-0.05, 0) is 74.1 Å². The van der Waals surface area contributed by atoms with Crippen molar-refractivity contribution in [3.63, 3.8) is 0 Å². The zero-order chi connectivity index (χ0) is 29.1. The lowest BCUT2D eigenvalue weighted by Crippen LogP contribution is -2.47. The molecule has 2 N–H and O–H groups in total. The van der Waals surface area contributed by atoms with Crippen LogP contribution in [0.15, 0.2) is 42.5 Å². The molecule has 4 rings (SSSR count). The molecule has 40 heavy (non-hydrogen) atoms. The van der Waals surface area contributed by atoms with Crippen molar-refractivity contribution in [2.24, 2.45) is 5.92 Å². The highest BCUT2D eigenvalue weighted by atomic mass is 32.2. The summed E-state index contributed by atoms with van der Waals surface area (Å²) in [5.74, 6) is -0.661. The van der Waals surface area contributed by atoms with E-state index in [4.69, 9.17) is 0 Å². The number of thiophene rings is 1. The van der Waals surface area contributed by atoms with Crippen molar-refractivity contribution in [2.45, 2.75) is 32.7 Å². The van der Waals surface area contributed by atoms with Crippen LogP contribution in [0.3, 0.4) is 0 Å². The second-order valence-electron chi connectivity index (χ2n) is 10.1. The number of hydrogen-bond acceptors (Lipinski definition) is 6. The first kappa shape index (κ1) is 30.3. The molecule has 2 heterocycles. The molecule has 13 heteroatoms. The van der Waals surface area contributed by atoms with Crippen LogP contribution in [0.2, 0.25) is 0 Å². The van der Waals surface area contributed by atoms with E-state index in [1.54, 1.807) is 0 Å². The molecule has 0 bridgehead atoms. The summed E-state index contributed by atoms with van der Waals surface area (Å²) in [5, 5.41) is 3.83. The van der Waals surface area contributed by atoms with Gasteiger partial charge in [-0.1, -0.05) is 24.3 Å². The van der Waals surface area contributed by atoms with Crippen LogP contribution in [-0.4, -0.2) is 70.2 Å². The molecule has 1 fully saturated rings. The lowest BCUT2D eigenvalue weighted by Gasteiger charge is -2.30. The summed E-state index contributed by atoms with van der Waals surface area (Å²) in [7, 11) is -0.0638. The number of piperidine rings is 1. The Morgan fingerprint density at radius 2 is 1.85 bits per heavy atom. The first-order valence-corrected chi connectivity index (χ1v) is 15.1. The number of alkyl halides is 3. The van der Waals surface area contributed by atoms with Crippen LogP contribution < -0.4 is 14.8 Å². The number of nitrogens with zero attached hydrogens (tertiary/aromatic N) is 2. The first-order chi connectivity index (χ1) is 18.8. The highest BCUT2D eigenvalue weighted by Crippen LogP contribution is 2.39. The molecule has 0 saturated carbocycles. The number of nitrogens with one attached hydrogen (secondary N) is 2. The molecule has 1 amide bonds. The van der Waals surface area contributed by atoms with Crippen LogP contribution in [0.1, 0.15) is 24.0 Å². The molecule has 0 spiro atoms. The van der Waals surface area contributed by atoms with Gasteiger partial charge in [0, 0.05) is 48.2 Å². The molecule has 0 aliphatic carbocycles. The molecular formula is C27H33F3N4O4S2. The minimum absolute atomic E-state index is 0.0727. The fourth-order valence-electron chi connectivity index (χ4n) is 4.64. The van der Waals surface area contributed by atoms with Gasteiger partial charge in [0.2, 0.25) is 5.91 Å². The van der Waals surface area contributed by atoms with Gasteiger partial charge in [0.05, 0.1) is 0 Å². The van der Waals surface area contributed by atoms with E-state index < -0.39 is 16.6 Å². The number of carbonyl (C=O) groups is 1. The molecule has 218 valence electrons. The van der Waals surface area contributed by atoms with Gasteiger partial charge in [0.15, 0.2) is 0 Å². The number of fused-ring (bicyclic) bond motifs is 1. The van der Waals surface area contributed by atoms with Gasteiger partial charge in [0.25, 0.3) is 10.2 Å². The standard InChI is InChI=1S/C27H33F3N4O4S2/c1-18-14-21(17-32-40(36,37)34-11-8-19(9-12-34)26(35)31-10-13-33(2)3)22(16-23(18)38-27(28,29)30)25-15-20-6-4-5-7-24(20)39-25/h4-7,14-16,19,32H,8-13,17H2,1-3H3,(H,31,35). The first-order valence-electron chi connectivity index (χ1n) is 12.9. The average molecular weight is 599 g/mol. The Kier molecular flexibility index (Phi) is 9.40. The minimum Gasteiger partial charge on any atom is -0.405 e. The predicted octanol–water partition coefficient (Wildman–Crippen LogP) is 4.50. The summed E-state index contributed by atoms with van der Waals surface area (Å²) in [5.41, 5.74) is 1.22. The summed E-state index contributed by atoms with van der Waals surface area (Å²) in [6.07, 6.45) is -4.05. The highest BCUT2D eigenvalue weighted by Gasteiger charge is 2.33. The quantitative estimate of drug-likeness (QED) is 0.359. The Bertz CT molecular complexity index is 1420. The Morgan fingerprint density at radius 1 is 1.15 bits per heavy atom. The van der Waals surface area contributed by atoms with Crippen LogP contribution in [0, 0.1) is 12.8 Å². The van der Waals surface area contributed by atoms with E-state index in [-0.39, 0.29) is 42.8 Å². The van der Waals surface area contributed by atoms with E-state index in [1.165, 1.54) is 34.7 Å². The van der Waals surface area contributed by atoms with Crippen molar-refractivity contribution in [2.75, 3.05) is 40.3 Å². The predicted molar refractivity (Wildman–Crippen MR) is 150 cm³/mol. The summed E-state index contributed by atoms with van der Waals surface area (Å²) in [4.78, 5) is 15.1. The maximum absolute atomic E-state index is 13.1. The Balaban J connectivity index is 1.49. The van der Waals surface area contributed by atoms with E-state index in [9.17, 15) is 26.4 Å². The lowest BCUT2D eigenvalue weighted by molar-refractivity contribution is -0.274. The van der Waals surface area contributed by atoms with Gasteiger partial charge in [-0.15, -0.1) is 24.5 Å². The summed E-state index contributed by atoms with van der Waals surface area (Å²) >= 11 is 1.40. The van der Waals surface area contributed by atoms with E-state index in [0.717, 1.165) is 16.6 Å². The minimum atomic E-state index is -4.86. The molecule has 0 radical (unpaired) electrons. The molecular weight excluding hydrogens is 565 g/mol. The van der Waals surface area contributed by atoms with Crippen molar-refractivity contribution in [3.8, 4) is 16.2 Å². The number of benzene rings is 2. The smallest absolute Gasteiger partial charge is 0.405 e. The Hall–Kier alpha value is -2.71. The van der Waals surface area contributed by atoms with Crippen molar-refractivity contribution in [3.05, 3.63) is 53.6 Å². The third kappa shape index (κ3) is 7.72. The maximum atomic E-state index is 13.1. The number of hydrogen-bond donors (Lipinski definition) is 2. The number of halogens is 3. The zero-order valence-electron chi connectivity index (χ0n) is 22.5. The molecule has 1 aliphatic heterocycles. The van der Waals surface area contributed by atoms with Gasteiger partial charge >= 0.3 is 6.36 Å². The largest absolute Gasteiger partial charge is 0.573 e. The number of ether oxygens (including phenoxy) is 1. The lowest BCUT2D eigenvalue weighted by atomic mass is 9.97. The van der Waals surface area contributed by atoms with Crippen LogP contribution in [0.4, 0.5) is 13.2 Å². The van der Waals surface area contributed by atoms with Gasteiger partial charge in [-0.3, -0.25) is 4.79 Å². The number of amides is 1. The molecule has 3 aromatic rings. The number of carbonyl (C=O) groups excluding carboxylic acids is 1. The fraction of sp³-hybridized carbons (Fsp3) is 0.444. The number of likely N-dealkylation sites (N-methyl/N-ethyl adjacent to an activating group) is 1. The third-order valence-electron chi connectivity index (χ3n) is 6.79. The SMILES string of the molecule is Cc1cc(CNS(=O)(=O)N2CCC(C(=O)NCCN(C)C)CC2)c(-c2cc3ccccc3s2)cc1OC(F)(F)F. The number of rotatable bonds is 10. The van der Waals surface area contributed by atoms with E-state index >= 15 is 0 Å². The van der Waals surface area contributed by atoms with E-state index in [0.29, 0.717) is 35.4 Å². The second kappa shape index (κ2) is 12.4. The van der Waals surface area contributed by atoms with Crippen LogP contribution >= 0.6 is 11.3 Å². The van der Waals surface area contributed by atoms with Crippen molar-refractivity contribution in [1.82, 2.24) is 19.2 Å². The van der Waals surface area contributed by atoms with Crippen LogP contribution in [-0.2, 0) is 21.5 Å². The van der Waals surface area contributed by atoms with Crippen molar-refractivity contribution >= 4 is 37.5 Å². The van der Waals surface area contributed by atoms with Gasteiger partial charge in [-0.25, -0.2) is 0 Å². The Morgan fingerprint density at radius 3 is 2.50 bits per heavy atom. The normalized spacial score (nSPS) is 15.6. The van der Waals surface area contributed by atoms with Gasteiger partial charge in [0.1, 0.15) is 5.75 Å².